The number of esters is 1. The molecule has 1 aliphatic rings. The number of amides is 1. The van der Waals surface area contributed by atoms with E-state index in [1.165, 1.54) is 6.42 Å². The minimum absolute atomic E-state index is 0.159. The fraction of sp³-hybridized carbons (Fsp3) is 0.529. The van der Waals surface area contributed by atoms with E-state index >= 15 is 0 Å². The summed E-state index contributed by atoms with van der Waals surface area (Å²) < 4.78 is 5.98. The van der Waals surface area contributed by atoms with Crippen molar-refractivity contribution in [1.29, 1.82) is 0 Å². The zero-order valence-corrected chi connectivity index (χ0v) is 15.6. The summed E-state index contributed by atoms with van der Waals surface area (Å²) in [5.41, 5.74) is 0.242. The number of hydrogen-bond donors (Lipinski definition) is 1. The first-order chi connectivity index (χ1) is 10.9. The van der Waals surface area contributed by atoms with Gasteiger partial charge in [0.05, 0.1) is 10.6 Å². The third kappa shape index (κ3) is 4.95. The Morgan fingerprint density at radius 1 is 1.35 bits per heavy atom. The number of carbonyl (C=O) groups is 2. The van der Waals surface area contributed by atoms with Gasteiger partial charge in [-0.3, -0.25) is 4.79 Å². The van der Waals surface area contributed by atoms with Gasteiger partial charge < -0.3 is 10.1 Å². The molecule has 0 aromatic heterocycles. The van der Waals surface area contributed by atoms with Crippen LogP contribution in [0.3, 0.4) is 0 Å². The van der Waals surface area contributed by atoms with Crippen molar-refractivity contribution in [1.82, 2.24) is 5.32 Å². The number of rotatable bonds is 4. The Kier molecular flexibility index (Phi) is 6.48. The molecule has 3 atom stereocenters. The van der Waals surface area contributed by atoms with E-state index in [9.17, 15) is 9.59 Å². The van der Waals surface area contributed by atoms with Crippen molar-refractivity contribution < 1.29 is 14.3 Å². The van der Waals surface area contributed by atoms with Crippen LogP contribution in [-0.2, 0) is 9.53 Å². The quantitative estimate of drug-likeness (QED) is 0.762. The molecular weight excluding hydrogens is 382 g/mol. The van der Waals surface area contributed by atoms with E-state index in [-0.39, 0.29) is 17.5 Å². The topological polar surface area (TPSA) is 55.4 Å². The van der Waals surface area contributed by atoms with E-state index in [1.54, 1.807) is 25.1 Å². The molecule has 1 aliphatic carbocycles. The summed E-state index contributed by atoms with van der Waals surface area (Å²) in [6, 6.07) is 5.08. The highest BCUT2D eigenvalue weighted by atomic mass is 79.9. The van der Waals surface area contributed by atoms with E-state index in [0.29, 0.717) is 10.9 Å². The normalized spacial score (nSPS) is 22.3. The SMILES string of the molecule is C[C@@H]1CCCC[C@@H]1NC(=O)[C@@H](C)OC(=O)c1cc(Br)ccc1Cl. The lowest BCUT2D eigenvalue weighted by atomic mass is 9.86. The maximum absolute atomic E-state index is 12.2. The van der Waals surface area contributed by atoms with E-state index in [4.69, 9.17) is 16.3 Å². The average Bonchev–Trinajstić information content (AvgIpc) is 2.51. The zero-order valence-electron chi connectivity index (χ0n) is 13.3. The lowest BCUT2D eigenvalue weighted by molar-refractivity contribution is -0.130. The van der Waals surface area contributed by atoms with E-state index in [1.807, 2.05) is 0 Å². The Morgan fingerprint density at radius 3 is 2.74 bits per heavy atom. The molecule has 1 saturated carbocycles. The number of benzene rings is 1. The first-order valence-corrected chi connectivity index (χ1v) is 9.02. The Bertz CT molecular complexity index is 593. The van der Waals surface area contributed by atoms with E-state index in [0.717, 1.165) is 23.7 Å². The third-order valence-corrected chi connectivity index (χ3v) is 5.06. The second-order valence-corrected chi connectivity index (χ2v) is 7.37. The summed E-state index contributed by atoms with van der Waals surface area (Å²) in [5.74, 6) is -0.408. The lowest BCUT2D eigenvalue weighted by Crippen LogP contribution is -2.46. The molecule has 4 nitrogen and oxygen atoms in total. The molecule has 0 spiro atoms. The van der Waals surface area contributed by atoms with Crippen molar-refractivity contribution in [2.45, 2.75) is 51.7 Å². The molecule has 6 heteroatoms. The van der Waals surface area contributed by atoms with Crippen molar-refractivity contribution >= 4 is 39.4 Å². The lowest BCUT2D eigenvalue weighted by Gasteiger charge is -2.30. The minimum Gasteiger partial charge on any atom is -0.449 e. The van der Waals surface area contributed by atoms with Crippen LogP contribution in [0.4, 0.5) is 0 Å². The van der Waals surface area contributed by atoms with Crippen molar-refractivity contribution in [3.8, 4) is 0 Å². The second kappa shape index (κ2) is 8.15. The maximum Gasteiger partial charge on any atom is 0.340 e. The molecule has 1 aromatic rings. The van der Waals surface area contributed by atoms with Crippen LogP contribution in [-0.4, -0.2) is 24.0 Å². The largest absolute Gasteiger partial charge is 0.449 e. The smallest absolute Gasteiger partial charge is 0.340 e. The van der Waals surface area contributed by atoms with Gasteiger partial charge in [0.25, 0.3) is 5.91 Å². The molecule has 1 fully saturated rings. The predicted molar refractivity (Wildman–Crippen MR) is 93.6 cm³/mol. The molecule has 0 bridgehead atoms. The second-order valence-electron chi connectivity index (χ2n) is 6.05. The summed E-state index contributed by atoms with van der Waals surface area (Å²) in [5, 5.41) is 3.29. The van der Waals surface area contributed by atoms with Gasteiger partial charge in [0.2, 0.25) is 0 Å². The Balaban J connectivity index is 1.94. The van der Waals surface area contributed by atoms with Crippen LogP contribution in [0.5, 0.6) is 0 Å². The molecule has 1 aromatic carbocycles. The number of halogens is 2. The van der Waals surface area contributed by atoms with Crippen LogP contribution < -0.4 is 5.32 Å². The highest BCUT2D eigenvalue weighted by Gasteiger charge is 2.27. The van der Waals surface area contributed by atoms with Crippen LogP contribution in [0.1, 0.15) is 49.9 Å². The minimum atomic E-state index is -0.855. The molecule has 0 radical (unpaired) electrons. The van der Waals surface area contributed by atoms with Gasteiger partial charge >= 0.3 is 5.97 Å². The van der Waals surface area contributed by atoms with Gasteiger partial charge in [-0.25, -0.2) is 4.79 Å². The van der Waals surface area contributed by atoms with Gasteiger partial charge in [-0.2, -0.15) is 0 Å². The molecule has 1 amide bonds. The summed E-state index contributed by atoms with van der Waals surface area (Å²) in [6.07, 6.45) is 3.57. The van der Waals surface area contributed by atoms with Crippen LogP contribution in [0.2, 0.25) is 5.02 Å². The number of nitrogens with one attached hydrogen (secondary N) is 1. The summed E-state index contributed by atoms with van der Waals surface area (Å²) in [6.45, 7) is 3.72. The van der Waals surface area contributed by atoms with Gasteiger partial charge in [-0.15, -0.1) is 0 Å². The molecule has 0 unspecified atom stereocenters. The molecule has 0 saturated heterocycles. The van der Waals surface area contributed by atoms with Gasteiger partial charge in [0.1, 0.15) is 0 Å². The fourth-order valence-electron chi connectivity index (χ4n) is 2.76. The summed E-state index contributed by atoms with van der Waals surface area (Å²) in [4.78, 5) is 24.4. The number of hydrogen-bond acceptors (Lipinski definition) is 3. The molecule has 0 heterocycles. The van der Waals surface area contributed by atoms with Gasteiger partial charge in [-0.05, 0) is 43.9 Å². The van der Waals surface area contributed by atoms with Crippen LogP contribution in [0.15, 0.2) is 22.7 Å². The Morgan fingerprint density at radius 2 is 2.04 bits per heavy atom. The maximum atomic E-state index is 12.2. The Labute approximate surface area is 150 Å². The van der Waals surface area contributed by atoms with Crippen LogP contribution in [0, 0.1) is 5.92 Å². The van der Waals surface area contributed by atoms with Gasteiger partial charge in [0.15, 0.2) is 6.10 Å². The van der Waals surface area contributed by atoms with E-state index < -0.39 is 12.1 Å². The summed E-state index contributed by atoms with van der Waals surface area (Å²) >= 11 is 9.29. The molecule has 2 rings (SSSR count). The standard InChI is InChI=1S/C17H21BrClNO3/c1-10-5-3-4-6-15(10)20-16(21)11(2)23-17(22)13-9-12(18)7-8-14(13)19/h7-11,15H,3-6H2,1-2H3,(H,20,21)/t10-,11-,15+/m1/s1. The van der Waals surface area contributed by atoms with Gasteiger partial charge in [0, 0.05) is 10.5 Å². The highest BCUT2D eigenvalue weighted by molar-refractivity contribution is 9.10. The predicted octanol–water partition coefficient (Wildman–Crippen LogP) is 4.34. The first-order valence-electron chi connectivity index (χ1n) is 7.85. The monoisotopic (exact) mass is 401 g/mol. The highest BCUT2D eigenvalue weighted by Crippen LogP contribution is 2.24. The van der Waals surface area contributed by atoms with Crippen LogP contribution >= 0.6 is 27.5 Å². The number of ether oxygens (including phenoxy) is 1. The third-order valence-electron chi connectivity index (χ3n) is 4.24. The van der Waals surface area contributed by atoms with Crippen molar-refractivity contribution in [2.24, 2.45) is 5.92 Å². The molecular formula is C17H21BrClNO3. The average molecular weight is 403 g/mol. The first kappa shape index (κ1) is 18.3. The van der Waals surface area contributed by atoms with Gasteiger partial charge in [-0.1, -0.05) is 47.3 Å². The van der Waals surface area contributed by atoms with E-state index in [2.05, 4.69) is 28.2 Å². The fourth-order valence-corrected chi connectivity index (χ4v) is 3.32. The summed E-state index contributed by atoms with van der Waals surface area (Å²) in [7, 11) is 0. The Hall–Kier alpha value is -1.07. The van der Waals surface area contributed by atoms with Crippen molar-refractivity contribution in [3.05, 3.63) is 33.3 Å². The van der Waals surface area contributed by atoms with Crippen LogP contribution in [0.25, 0.3) is 0 Å². The number of carbonyl (C=O) groups excluding carboxylic acids is 2. The molecule has 1 N–H and O–H groups in total. The van der Waals surface area contributed by atoms with Crippen molar-refractivity contribution in [3.63, 3.8) is 0 Å². The zero-order chi connectivity index (χ0) is 17.0. The molecule has 126 valence electrons. The molecule has 0 aliphatic heterocycles. The molecule has 23 heavy (non-hydrogen) atoms. The van der Waals surface area contributed by atoms with Crippen molar-refractivity contribution in [2.75, 3.05) is 0 Å².